The number of aliphatic hydroxyl groups excluding tert-OH is 1. The normalized spacial score (nSPS) is 18.4. The van der Waals surface area contributed by atoms with E-state index in [1.807, 2.05) is 12.1 Å². The van der Waals surface area contributed by atoms with Gasteiger partial charge in [-0.05, 0) is 42.9 Å². The molecule has 1 aromatic rings. The smallest absolute Gasteiger partial charge is 0.137 e. The molecule has 0 radical (unpaired) electrons. The molecule has 0 bridgehead atoms. The number of aryl methyl sites for hydroxylation is 1. The number of hydrogen-bond donors (Lipinski definition) is 2. The average molecular weight is 249 g/mol. The molecule has 0 aromatic heterocycles. The molecule has 0 heterocycles. The second-order valence-electron chi connectivity index (χ2n) is 5.15. The molecule has 3 nitrogen and oxygen atoms in total. The molecule has 1 aliphatic carbocycles. The molecule has 0 amide bonds. The number of rotatable bonds is 7. The second-order valence-corrected chi connectivity index (χ2v) is 5.15. The van der Waals surface area contributed by atoms with Gasteiger partial charge in [0.15, 0.2) is 0 Å². The fourth-order valence-electron chi connectivity index (χ4n) is 2.22. The summed E-state index contributed by atoms with van der Waals surface area (Å²) in [6.45, 7) is 2.15. The van der Waals surface area contributed by atoms with Gasteiger partial charge in [0.1, 0.15) is 11.9 Å². The summed E-state index contributed by atoms with van der Waals surface area (Å²) in [5.74, 6) is 1.33. The third-order valence-corrected chi connectivity index (χ3v) is 3.53. The topological polar surface area (TPSA) is 55.5 Å². The van der Waals surface area contributed by atoms with Crippen LogP contribution in [0.2, 0.25) is 0 Å². The van der Waals surface area contributed by atoms with Crippen LogP contribution in [0, 0.1) is 5.92 Å². The minimum atomic E-state index is -0.283. The molecular weight excluding hydrogens is 226 g/mol. The van der Waals surface area contributed by atoms with Crippen molar-refractivity contribution in [2.24, 2.45) is 11.7 Å². The summed E-state index contributed by atoms with van der Waals surface area (Å²) in [7, 11) is 0. The molecule has 3 N–H and O–H groups in total. The van der Waals surface area contributed by atoms with E-state index >= 15 is 0 Å². The highest BCUT2D eigenvalue weighted by molar-refractivity contribution is 5.27. The van der Waals surface area contributed by atoms with Crippen molar-refractivity contribution in [3.05, 3.63) is 29.8 Å². The summed E-state index contributed by atoms with van der Waals surface area (Å²) in [6, 6.07) is 8.04. The Morgan fingerprint density at radius 1 is 1.33 bits per heavy atom. The first kappa shape index (κ1) is 13.4. The van der Waals surface area contributed by atoms with E-state index in [0.717, 1.165) is 31.4 Å². The van der Waals surface area contributed by atoms with Crippen molar-refractivity contribution in [1.29, 1.82) is 0 Å². The van der Waals surface area contributed by atoms with Crippen LogP contribution in [0.5, 0.6) is 5.75 Å². The molecule has 18 heavy (non-hydrogen) atoms. The minimum Gasteiger partial charge on any atom is -0.486 e. The van der Waals surface area contributed by atoms with Crippen LogP contribution in [-0.4, -0.2) is 23.9 Å². The zero-order valence-electron chi connectivity index (χ0n) is 11.0. The summed E-state index contributed by atoms with van der Waals surface area (Å²) in [4.78, 5) is 0. The molecule has 2 atom stereocenters. The van der Waals surface area contributed by atoms with E-state index in [0.29, 0.717) is 5.92 Å². The van der Waals surface area contributed by atoms with E-state index < -0.39 is 0 Å². The summed E-state index contributed by atoms with van der Waals surface area (Å²) in [5.41, 5.74) is 7.39. The van der Waals surface area contributed by atoms with E-state index in [9.17, 15) is 5.11 Å². The second kappa shape index (κ2) is 6.21. The molecule has 1 saturated carbocycles. The Morgan fingerprint density at radius 3 is 2.50 bits per heavy atom. The molecule has 1 fully saturated rings. The van der Waals surface area contributed by atoms with Crippen molar-refractivity contribution in [2.45, 2.75) is 44.8 Å². The van der Waals surface area contributed by atoms with Gasteiger partial charge < -0.3 is 15.6 Å². The Hall–Kier alpha value is -1.06. The maximum absolute atomic E-state index is 9.37. The van der Waals surface area contributed by atoms with Crippen molar-refractivity contribution >= 4 is 0 Å². The van der Waals surface area contributed by atoms with Crippen LogP contribution in [0.4, 0.5) is 0 Å². The van der Waals surface area contributed by atoms with Crippen molar-refractivity contribution < 1.29 is 9.84 Å². The van der Waals surface area contributed by atoms with Crippen LogP contribution >= 0.6 is 0 Å². The third kappa shape index (κ3) is 3.47. The maximum Gasteiger partial charge on any atom is 0.137 e. The largest absolute Gasteiger partial charge is 0.486 e. The predicted octanol–water partition coefficient (Wildman–Crippen LogP) is 2.12. The van der Waals surface area contributed by atoms with E-state index in [4.69, 9.17) is 10.5 Å². The number of nitrogens with two attached hydrogens (primary N) is 1. The Bertz CT molecular complexity index is 359. The van der Waals surface area contributed by atoms with E-state index in [1.54, 1.807) is 0 Å². The highest BCUT2D eigenvalue weighted by Crippen LogP contribution is 2.33. The monoisotopic (exact) mass is 249 g/mol. The third-order valence-electron chi connectivity index (χ3n) is 3.53. The highest BCUT2D eigenvalue weighted by atomic mass is 16.5. The summed E-state index contributed by atoms with van der Waals surface area (Å²) >= 11 is 0. The van der Waals surface area contributed by atoms with Gasteiger partial charge in [-0.15, -0.1) is 0 Å². The van der Waals surface area contributed by atoms with Crippen molar-refractivity contribution in [3.63, 3.8) is 0 Å². The number of hydrogen-bond acceptors (Lipinski definition) is 3. The van der Waals surface area contributed by atoms with Gasteiger partial charge in [-0.3, -0.25) is 0 Å². The fraction of sp³-hybridized carbons (Fsp3) is 0.600. The first-order chi connectivity index (χ1) is 8.74. The van der Waals surface area contributed by atoms with Gasteiger partial charge in [0.25, 0.3) is 0 Å². The zero-order valence-corrected chi connectivity index (χ0v) is 11.0. The first-order valence-corrected chi connectivity index (χ1v) is 6.86. The number of aliphatic hydroxyl groups is 1. The van der Waals surface area contributed by atoms with Gasteiger partial charge in [0.2, 0.25) is 0 Å². The van der Waals surface area contributed by atoms with Crippen molar-refractivity contribution in [3.8, 4) is 5.75 Å². The van der Waals surface area contributed by atoms with Gasteiger partial charge in [-0.2, -0.15) is 0 Å². The lowest BCUT2D eigenvalue weighted by atomic mass is 10.1. The first-order valence-electron chi connectivity index (χ1n) is 6.86. The maximum atomic E-state index is 9.37. The summed E-state index contributed by atoms with van der Waals surface area (Å²) in [5, 5.41) is 9.37. The summed E-state index contributed by atoms with van der Waals surface area (Å²) in [6.07, 6.45) is 4.28. The van der Waals surface area contributed by atoms with E-state index in [-0.39, 0.29) is 18.8 Å². The Kier molecular flexibility index (Phi) is 4.61. The molecule has 0 aliphatic heterocycles. The molecule has 2 unspecified atom stereocenters. The highest BCUT2D eigenvalue weighted by Gasteiger charge is 2.34. The van der Waals surface area contributed by atoms with Crippen LogP contribution in [-0.2, 0) is 6.42 Å². The molecular formula is C15H23NO2. The van der Waals surface area contributed by atoms with Gasteiger partial charge in [0.05, 0.1) is 6.61 Å². The zero-order chi connectivity index (χ0) is 13.0. The van der Waals surface area contributed by atoms with E-state index in [2.05, 4.69) is 19.1 Å². The Labute approximate surface area is 109 Å². The van der Waals surface area contributed by atoms with Crippen molar-refractivity contribution in [1.82, 2.24) is 0 Å². The average Bonchev–Trinajstić information content (AvgIpc) is 3.22. The van der Waals surface area contributed by atoms with E-state index in [1.165, 1.54) is 5.56 Å². The molecule has 2 rings (SSSR count). The van der Waals surface area contributed by atoms with Crippen LogP contribution in [0.25, 0.3) is 0 Å². The van der Waals surface area contributed by atoms with Crippen molar-refractivity contribution in [2.75, 3.05) is 6.61 Å². The Morgan fingerprint density at radius 2 is 2.00 bits per heavy atom. The predicted molar refractivity (Wildman–Crippen MR) is 72.6 cm³/mol. The molecule has 1 aliphatic rings. The quantitative estimate of drug-likeness (QED) is 0.778. The lowest BCUT2D eigenvalue weighted by molar-refractivity contribution is 0.0882. The van der Waals surface area contributed by atoms with Gasteiger partial charge in [0, 0.05) is 6.04 Å². The lowest BCUT2D eigenvalue weighted by Crippen LogP contribution is -2.43. The minimum absolute atomic E-state index is 0.0195. The molecule has 1 aromatic carbocycles. The summed E-state index contributed by atoms with van der Waals surface area (Å²) < 4.78 is 5.78. The van der Waals surface area contributed by atoms with Gasteiger partial charge in [-0.25, -0.2) is 0 Å². The standard InChI is InChI=1S/C15H23NO2/c1-2-3-11-4-8-13(9-5-11)18-14(10-17)15(16)12-6-7-12/h4-5,8-9,12,14-15,17H,2-3,6-7,10,16H2,1H3. The molecule has 0 saturated heterocycles. The molecule has 3 heteroatoms. The van der Waals surface area contributed by atoms with Crippen LogP contribution in [0.1, 0.15) is 31.7 Å². The van der Waals surface area contributed by atoms with Gasteiger partial charge in [-0.1, -0.05) is 25.5 Å². The molecule has 100 valence electrons. The van der Waals surface area contributed by atoms with Crippen LogP contribution in [0.15, 0.2) is 24.3 Å². The van der Waals surface area contributed by atoms with Gasteiger partial charge >= 0.3 is 0 Å². The van der Waals surface area contributed by atoms with Crippen LogP contribution < -0.4 is 10.5 Å². The fourth-order valence-corrected chi connectivity index (χ4v) is 2.22. The lowest BCUT2D eigenvalue weighted by Gasteiger charge is -2.23. The van der Waals surface area contributed by atoms with Crippen LogP contribution in [0.3, 0.4) is 0 Å². The molecule has 0 spiro atoms. The Balaban J connectivity index is 1.93. The number of benzene rings is 1. The number of ether oxygens (including phenoxy) is 1. The SMILES string of the molecule is CCCc1ccc(OC(CO)C(N)C2CC2)cc1.